The number of aldehydes is 1. The summed E-state index contributed by atoms with van der Waals surface area (Å²) in [5.74, 6) is -0.565. The van der Waals surface area contributed by atoms with E-state index in [1.807, 2.05) is 0 Å². The third-order valence-electron chi connectivity index (χ3n) is 1.84. The molecule has 18 heavy (non-hydrogen) atoms. The first kappa shape index (κ1) is 16.4. The summed E-state index contributed by atoms with van der Waals surface area (Å²) in [6, 6.07) is -0.856. The van der Waals surface area contributed by atoms with Crippen molar-refractivity contribution < 1.29 is 23.9 Å². The number of nitrogens with one attached hydrogen (secondary N) is 1. The van der Waals surface area contributed by atoms with Crippen molar-refractivity contribution in [3.63, 3.8) is 0 Å². The van der Waals surface area contributed by atoms with Gasteiger partial charge in [-0.3, -0.25) is 0 Å². The molecule has 0 spiro atoms. The fourth-order valence-electron chi connectivity index (χ4n) is 1.18. The van der Waals surface area contributed by atoms with Crippen LogP contribution in [0.3, 0.4) is 0 Å². The molecule has 0 aromatic carbocycles. The minimum Gasteiger partial charge on any atom is -0.464 e. The van der Waals surface area contributed by atoms with Gasteiger partial charge in [0.2, 0.25) is 0 Å². The first-order valence-electron chi connectivity index (χ1n) is 5.90. The van der Waals surface area contributed by atoms with Gasteiger partial charge in [0.25, 0.3) is 0 Å². The molecular formula is C12H21NO5. The van der Waals surface area contributed by atoms with Crippen LogP contribution in [-0.4, -0.2) is 36.6 Å². The zero-order chi connectivity index (χ0) is 14.2. The fraction of sp³-hybridized carbons (Fsp3) is 0.750. The smallest absolute Gasteiger partial charge is 0.408 e. The van der Waals surface area contributed by atoms with Crippen molar-refractivity contribution in [3.05, 3.63) is 0 Å². The molecule has 0 saturated carbocycles. The number of hydrogen-bond donors (Lipinski definition) is 1. The van der Waals surface area contributed by atoms with Crippen LogP contribution in [-0.2, 0) is 19.1 Å². The zero-order valence-corrected chi connectivity index (χ0v) is 11.3. The minimum absolute atomic E-state index is 0.166. The second kappa shape index (κ2) is 7.68. The average molecular weight is 259 g/mol. The van der Waals surface area contributed by atoms with E-state index in [4.69, 9.17) is 9.47 Å². The second-order valence-electron chi connectivity index (χ2n) is 4.69. The molecule has 0 unspecified atom stereocenters. The van der Waals surface area contributed by atoms with Crippen LogP contribution >= 0.6 is 0 Å². The molecule has 0 aliphatic rings. The maximum Gasteiger partial charge on any atom is 0.408 e. The van der Waals surface area contributed by atoms with Gasteiger partial charge in [-0.05, 0) is 34.1 Å². The van der Waals surface area contributed by atoms with Crippen molar-refractivity contribution in [2.24, 2.45) is 0 Å². The normalized spacial score (nSPS) is 12.4. The first-order chi connectivity index (χ1) is 8.30. The van der Waals surface area contributed by atoms with Crippen LogP contribution < -0.4 is 5.32 Å². The van der Waals surface area contributed by atoms with E-state index in [0.717, 1.165) is 0 Å². The van der Waals surface area contributed by atoms with Gasteiger partial charge in [-0.15, -0.1) is 0 Å². The number of rotatable bonds is 6. The van der Waals surface area contributed by atoms with Gasteiger partial charge in [0.1, 0.15) is 17.9 Å². The number of ether oxygens (including phenoxy) is 2. The number of carbonyl (C=O) groups excluding carboxylic acids is 3. The summed E-state index contributed by atoms with van der Waals surface area (Å²) >= 11 is 0. The Morgan fingerprint density at radius 1 is 1.33 bits per heavy atom. The van der Waals surface area contributed by atoms with Gasteiger partial charge in [0.05, 0.1) is 6.61 Å². The number of hydrogen-bond acceptors (Lipinski definition) is 5. The predicted octanol–water partition coefficient (Wildman–Crippen LogP) is 1.42. The molecule has 0 bridgehead atoms. The molecule has 0 aliphatic carbocycles. The van der Waals surface area contributed by atoms with Gasteiger partial charge in [-0.2, -0.15) is 0 Å². The van der Waals surface area contributed by atoms with Crippen LogP contribution in [0.5, 0.6) is 0 Å². The van der Waals surface area contributed by atoms with Crippen LogP contribution in [0.15, 0.2) is 0 Å². The predicted molar refractivity (Wildman–Crippen MR) is 65.1 cm³/mol. The highest BCUT2D eigenvalue weighted by atomic mass is 16.6. The molecule has 1 amide bonds. The Bertz CT molecular complexity index is 295. The molecule has 0 aliphatic heterocycles. The third-order valence-corrected chi connectivity index (χ3v) is 1.84. The molecule has 0 fully saturated rings. The summed E-state index contributed by atoms with van der Waals surface area (Å²) in [6.45, 7) is 7.04. The Balaban J connectivity index is 4.43. The highest BCUT2D eigenvalue weighted by Gasteiger charge is 2.24. The number of amides is 1. The van der Waals surface area contributed by atoms with Gasteiger partial charge < -0.3 is 19.6 Å². The molecule has 6 heteroatoms. The van der Waals surface area contributed by atoms with Gasteiger partial charge in [0.15, 0.2) is 0 Å². The van der Waals surface area contributed by atoms with E-state index in [1.165, 1.54) is 0 Å². The summed E-state index contributed by atoms with van der Waals surface area (Å²) in [5, 5.41) is 2.40. The van der Waals surface area contributed by atoms with Crippen molar-refractivity contribution in [3.8, 4) is 0 Å². The summed E-state index contributed by atoms with van der Waals surface area (Å²) in [4.78, 5) is 33.4. The lowest BCUT2D eigenvalue weighted by Gasteiger charge is -2.22. The molecule has 0 rings (SSSR count). The fourth-order valence-corrected chi connectivity index (χ4v) is 1.18. The van der Waals surface area contributed by atoms with Crippen molar-refractivity contribution in [1.82, 2.24) is 5.32 Å². The van der Waals surface area contributed by atoms with E-state index in [2.05, 4.69) is 5.32 Å². The summed E-state index contributed by atoms with van der Waals surface area (Å²) < 4.78 is 9.84. The van der Waals surface area contributed by atoms with Crippen LogP contribution in [0.4, 0.5) is 4.79 Å². The quantitative estimate of drug-likeness (QED) is 0.576. The molecule has 0 aromatic heterocycles. The number of esters is 1. The van der Waals surface area contributed by atoms with E-state index in [-0.39, 0.29) is 19.4 Å². The van der Waals surface area contributed by atoms with Gasteiger partial charge in [0, 0.05) is 6.42 Å². The van der Waals surface area contributed by atoms with E-state index >= 15 is 0 Å². The minimum atomic E-state index is -0.856. The first-order valence-corrected chi connectivity index (χ1v) is 5.90. The Labute approximate surface area is 107 Å². The molecule has 6 nitrogen and oxygen atoms in total. The topological polar surface area (TPSA) is 81.7 Å². The lowest BCUT2D eigenvalue weighted by molar-refractivity contribution is -0.145. The van der Waals surface area contributed by atoms with Gasteiger partial charge in [-0.1, -0.05) is 0 Å². The Kier molecular flexibility index (Phi) is 7.00. The molecule has 0 heterocycles. The van der Waals surface area contributed by atoms with Crippen molar-refractivity contribution >= 4 is 18.3 Å². The van der Waals surface area contributed by atoms with E-state index < -0.39 is 23.7 Å². The van der Waals surface area contributed by atoms with Crippen LogP contribution in [0.25, 0.3) is 0 Å². The maximum absolute atomic E-state index is 11.5. The highest BCUT2D eigenvalue weighted by molar-refractivity contribution is 5.81. The van der Waals surface area contributed by atoms with Crippen molar-refractivity contribution in [1.29, 1.82) is 0 Å². The molecular weight excluding hydrogens is 238 g/mol. The third kappa shape index (κ3) is 7.65. The van der Waals surface area contributed by atoms with Crippen LogP contribution in [0, 0.1) is 0 Å². The highest BCUT2D eigenvalue weighted by Crippen LogP contribution is 2.08. The number of carbonyl (C=O) groups is 3. The SMILES string of the molecule is CCOC(=O)[C@H](CCC=O)NC(=O)OC(C)(C)C. The average Bonchev–Trinajstić information content (AvgIpc) is 2.21. The van der Waals surface area contributed by atoms with Gasteiger partial charge >= 0.3 is 12.1 Å². The van der Waals surface area contributed by atoms with E-state index in [9.17, 15) is 14.4 Å². The van der Waals surface area contributed by atoms with Gasteiger partial charge in [-0.25, -0.2) is 9.59 Å². The Morgan fingerprint density at radius 2 is 1.94 bits per heavy atom. The molecule has 0 aromatic rings. The molecule has 0 saturated heterocycles. The largest absolute Gasteiger partial charge is 0.464 e. The molecule has 0 radical (unpaired) electrons. The summed E-state index contributed by atoms with van der Waals surface area (Å²) in [7, 11) is 0. The van der Waals surface area contributed by atoms with Crippen molar-refractivity contribution in [2.45, 2.75) is 52.2 Å². The molecule has 1 atom stereocenters. The lowest BCUT2D eigenvalue weighted by atomic mass is 10.1. The number of alkyl carbamates (subject to hydrolysis) is 1. The molecule has 104 valence electrons. The van der Waals surface area contributed by atoms with Crippen LogP contribution in [0.1, 0.15) is 40.5 Å². The lowest BCUT2D eigenvalue weighted by Crippen LogP contribution is -2.44. The molecule has 1 N–H and O–H groups in total. The zero-order valence-electron chi connectivity index (χ0n) is 11.3. The monoisotopic (exact) mass is 259 g/mol. The summed E-state index contributed by atoms with van der Waals surface area (Å²) in [6.07, 6.45) is 0.343. The maximum atomic E-state index is 11.5. The Morgan fingerprint density at radius 3 is 2.39 bits per heavy atom. The second-order valence-corrected chi connectivity index (χ2v) is 4.69. The Hall–Kier alpha value is -1.59. The van der Waals surface area contributed by atoms with E-state index in [1.54, 1.807) is 27.7 Å². The standard InChI is InChI=1S/C12H21NO5/c1-5-17-10(15)9(7-6-8-14)13-11(16)18-12(2,3)4/h8-9H,5-7H2,1-4H3,(H,13,16)/t9-/m0/s1. The van der Waals surface area contributed by atoms with Crippen LogP contribution in [0.2, 0.25) is 0 Å². The van der Waals surface area contributed by atoms with Crippen molar-refractivity contribution in [2.75, 3.05) is 6.61 Å². The summed E-state index contributed by atoms with van der Waals surface area (Å²) in [5.41, 5.74) is -0.645. The van der Waals surface area contributed by atoms with E-state index in [0.29, 0.717) is 6.29 Å².